The molecule has 254 valence electrons. The predicted octanol–water partition coefficient (Wildman–Crippen LogP) is 6.32. The molecule has 0 atom stereocenters. The van der Waals surface area contributed by atoms with E-state index in [-0.39, 0.29) is 25.7 Å². The third kappa shape index (κ3) is 6.91. The van der Waals surface area contributed by atoms with Gasteiger partial charge < -0.3 is 28.6 Å². The van der Waals surface area contributed by atoms with E-state index in [1.165, 1.54) is 18.1 Å². The van der Waals surface area contributed by atoms with Gasteiger partial charge in [-0.1, -0.05) is 0 Å². The Bertz CT molecular complexity index is 1760. The number of methoxy groups -OCH3 is 2. The topological polar surface area (TPSA) is 102 Å². The molecule has 0 aliphatic heterocycles. The highest BCUT2D eigenvalue weighted by Gasteiger charge is 2.44. The lowest BCUT2D eigenvalue weighted by atomic mass is 9.75. The molecular formula is C34H43F2N5O6. The molecule has 1 aliphatic carbocycles. The van der Waals surface area contributed by atoms with Crippen LogP contribution >= 0.6 is 0 Å². The van der Waals surface area contributed by atoms with Crippen molar-refractivity contribution in [2.45, 2.75) is 71.1 Å². The zero-order chi connectivity index (χ0) is 34.1. The fourth-order valence-electron chi connectivity index (χ4n) is 5.78. The number of carbonyl (C=O) groups excluding carboxylic acids is 1. The summed E-state index contributed by atoms with van der Waals surface area (Å²) in [6, 6.07) is 6.01. The number of halogens is 2. The number of ether oxygens (including phenoxy) is 5. The second kappa shape index (κ2) is 13.5. The lowest BCUT2D eigenvalue weighted by Crippen LogP contribution is -2.39. The molecule has 0 unspecified atom stereocenters. The molecule has 1 amide bonds. The molecule has 0 saturated heterocycles. The lowest BCUT2D eigenvalue weighted by molar-refractivity contribution is -0.173. The van der Waals surface area contributed by atoms with Gasteiger partial charge in [0.05, 0.1) is 37.7 Å². The smallest absolute Gasteiger partial charge is 0.410 e. The number of pyridine rings is 1. The van der Waals surface area contributed by atoms with E-state index in [0.717, 1.165) is 42.3 Å². The van der Waals surface area contributed by atoms with E-state index in [4.69, 9.17) is 28.8 Å². The van der Waals surface area contributed by atoms with Crippen molar-refractivity contribution in [1.29, 1.82) is 0 Å². The molecular weight excluding hydrogens is 612 g/mol. The standard InChI is InChI=1S/C34H43F2N5O6/c1-21-24(31(38-40(21)6)34(13-9-14-34)46-20-43-7)12-15-45-30-25(10-11-26(35)29(30)36)22-16-27-23(18-37-41(27)28(17-22)44-8)19-39(5)32(42)47-33(2,3)4/h10-11,16-18H,9,12-15,19-20H2,1-8H3. The summed E-state index contributed by atoms with van der Waals surface area (Å²) in [5, 5.41) is 9.21. The summed E-state index contributed by atoms with van der Waals surface area (Å²) in [5.74, 6) is -1.99. The Hall–Kier alpha value is -4.23. The minimum absolute atomic E-state index is 0.0608. The highest BCUT2D eigenvalue weighted by Crippen LogP contribution is 2.46. The fraction of sp³-hybridized carbons (Fsp3) is 0.500. The number of benzene rings is 1. The maximum absolute atomic E-state index is 15.5. The average Bonchev–Trinajstić information content (AvgIpc) is 3.53. The quantitative estimate of drug-likeness (QED) is 0.164. The summed E-state index contributed by atoms with van der Waals surface area (Å²) in [4.78, 5) is 14.1. The van der Waals surface area contributed by atoms with Crippen LogP contribution in [0.4, 0.5) is 13.6 Å². The molecule has 0 spiro atoms. The maximum atomic E-state index is 15.5. The Kier molecular flexibility index (Phi) is 9.78. The zero-order valence-electron chi connectivity index (χ0n) is 28.3. The van der Waals surface area contributed by atoms with E-state index in [2.05, 4.69) is 5.10 Å². The maximum Gasteiger partial charge on any atom is 0.410 e. The Morgan fingerprint density at radius 2 is 1.89 bits per heavy atom. The van der Waals surface area contributed by atoms with Crippen LogP contribution in [-0.4, -0.2) is 70.7 Å². The molecule has 0 N–H and O–H groups in total. The summed E-state index contributed by atoms with van der Waals surface area (Å²) in [5.41, 5.74) is 3.68. The van der Waals surface area contributed by atoms with Crippen LogP contribution in [0.25, 0.3) is 16.6 Å². The van der Waals surface area contributed by atoms with Crippen LogP contribution in [0, 0.1) is 18.6 Å². The average molecular weight is 656 g/mol. The van der Waals surface area contributed by atoms with Crippen LogP contribution in [0.1, 0.15) is 62.5 Å². The van der Waals surface area contributed by atoms with E-state index in [1.807, 2.05) is 14.0 Å². The van der Waals surface area contributed by atoms with Crippen molar-refractivity contribution in [3.63, 3.8) is 0 Å². The summed E-state index contributed by atoms with van der Waals surface area (Å²) in [6.45, 7) is 7.75. The van der Waals surface area contributed by atoms with E-state index in [1.54, 1.807) is 62.5 Å². The SMILES string of the molecule is COCOC1(c2nn(C)c(C)c2CCOc2c(-c3cc(OC)n4ncc(CN(C)C(=O)OC(C)(C)C)c4c3)ccc(F)c2F)CCC1. The molecule has 3 aromatic heterocycles. The van der Waals surface area contributed by atoms with Crippen LogP contribution < -0.4 is 9.47 Å². The van der Waals surface area contributed by atoms with Gasteiger partial charge in [0.25, 0.3) is 0 Å². The van der Waals surface area contributed by atoms with Crippen molar-refractivity contribution < 1.29 is 37.3 Å². The van der Waals surface area contributed by atoms with Crippen LogP contribution in [-0.2, 0) is 39.8 Å². The van der Waals surface area contributed by atoms with Crippen molar-refractivity contribution >= 4 is 11.6 Å². The predicted molar refractivity (Wildman–Crippen MR) is 170 cm³/mol. The molecule has 11 nitrogen and oxygen atoms in total. The number of aryl methyl sites for hydroxylation is 1. The van der Waals surface area contributed by atoms with Gasteiger partial charge in [-0.25, -0.2) is 13.7 Å². The van der Waals surface area contributed by atoms with Gasteiger partial charge in [0, 0.05) is 56.1 Å². The zero-order valence-corrected chi connectivity index (χ0v) is 28.3. The van der Waals surface area contributed by atoms with Gasteiger partial charge in [0.2, 0.25) is 11.7 Å². The molecule has 5 rings (SSSR count). The second-order valence-corrected chi connectivity index (χ2v) is 12.9. The molecule has 1 aliphatic rings. The van der Waals surface area contributed by atoms with Crippen molar-refractivity contribution in [1.82, 2.24) is 24.3 Å². The van der Waals surface area contributed by atoms with Gasteiger partial charge in [0.1, 0.15) is 18.0 Å². The molecule has 3 heterocycles. The molecule has 1 aromatic carbocycles. The van der Waals surface area contributed by atoms with Gasteiger partial charge >= 0.3 is 6.09 Å². The van der Waals surface area contributed by atoms with Crippen molar-refractivity contribution in [3.8, 4) is 22.8 Å². The van der Waals surface area contributed by atoms with E-state index < -0.39 is 28.9 Å². The van der Waals surface area contributed by atoms with Gasteiger partial charge in [-0.05, 0) is 70.7 Å². The fourth-order valence-corrected chi connectivity index (χ4v) is 5.78. The Labute approximate surface area is 273 Å². The van der Waals surface area contributed by atoms with E-state index in [0.29, 0.717) is 34.5 Å². The first kappa shape index (κ1) is 34.1. The molecule has 47 heavy (non-hydrogen) atoms. The Morgan fingerprint density at radius 1 is 1.15 bits per heavy atom. The van der Waals surface area contributed by atoms with Gasteiger partial charge in [-0.15, -0.1) is 0 Å². The molecule has 4 aromatic rings. The number of hydrogen-bond donors (Lipinski definition) is 0. The molecule has 13 heteroatoms. The highest BCUT2D eigenvalue weighted by atomic mass is 19.2. The van der Waals surface area contributed by atoms with Crippen molar-refractivity contribution in [2.75, 3.05) is 34.7 Å². The Morgan fingerprint density at radius 3 is 2.53 bits per heavy atom. The summed E-state index contributed by atoms with van der Waals surface area (Å²) in [7, 11) is 6.58. The van der Waals surface area contributed by atoms with Crippen LogP contribution in [0.15, 0.2) is 30.5 Å². The second-order valence-electron chi connectivity index (χ2n) is 12.9. The molecule has 1 saturated carbocycles. The molecule has 0 radical (unpaired) electrons. The van der Waals surface area contributed by atoms with Crippen LogP contribution in [0.3, 0.4) is 0 Å². The van der Waals surface area contributed by atoms with E-state index >= 15 is 4.39 Å². The summed E-state index contributed by atoms with van der Waals surface area (Å²) in [6.07, 6.45) is 4.18. The largest absolute Gasteiger partial charge is 0.489 e. The first-order valence-electron chi connectivity index (χ1n) is 15.5. The third-order valence-corrected chi connectivity index (χ3v) is 8.45. The first-order chi connectivity index (χ1) is 22.3. The summed E-state index contributed by atoms with van der Waals surface area (Å²) < 4.78 is 62.0. The number of hydrogen-bond acceptors (Lipinski definition) is 8. The normalized spacial score (nSPS) is 14.3. The lowest BCUT2D eigenvalue weighted by Gasteiger charge is -2.40. The van der Waals surface area contributed by atoms with Crippen molar-refractivity contribution in [2.24, 2.45) is 7.05 Å². The molecule has 0 bridgehead atoms. The van der Waals surface area contributed by atoms with E-state index in [9.17, 15) is 9.18 Å². The monoisotopic (exact) mass is 655 g/mol. The first-order valence-corrected chi connectivity index (χ1v) is 15.5. The van der Waals surface area contributed by atoms with Gasteiger partial charge in [0.15, 0.2) is 11.6 Å². The van der Waals surface area contributed by atoms with Crippen molar-refractivity contribution in [3.05, 3.63) is 64.6 Å². The summed E-state index contributed by atoms with van der Waals surface area (Å²) >= 11 is 0. The highest BCUT2D eigenvalue weighted by molar-refractivity contribution is 5.77. The van der Waals surface area contributed by atoms with Gasteiger partial charge in [-0.2, -0.15) is 14.6 Å². The number of nitrogens with zero attached hydrogens (tertiary/aromatic N) is 5. The number of fused-ring (bicyclic) bond motifs is 1. The third-order valence-electron chi connectivity index (χ3n) is 8.45. The number of carbonyl (C=O) groups is 1. The van der Waals surface area contributed by atoms with Crippen LogP contribution in [0.5, 0.6) is 11.6 Å². The Balaban J connectivity index is 1.45. The minimum atomic E-state index is -1.10. The van der Waals surface area contributed by atoms with Crippen LogP contribution in [0.2, 0.25) is 0 Å². The number of amides is 1. The minimum Gasteiger partial charge on any atom is -0.489 e. The van der Waals surface area contributed by atoms with Gasteiger partial charge in [-0.3, -0.25) is 4.68 Å². The number of rotatable bonds is 12. The molecule has 1 fully saturated rings. The number of aromatic nitrogens is 4.